The summed E-state index contributed by atoms with van der Waals surface area (Å²) in [6.45, 7) is 2.31. The van der Waals surface area contributed by atoms with Gasteiger partial charge in [-0.25, -0.2) is 0 Å². The Labute approximate surface area is 162 Å². The van der Waals surface area contributed by atoms with Crippen molar-refractivity contribution in [1.82, 2.24) is 0 Å². The molecule has 2 fully saturated rings. The summed E-state index contributed by atoms with van der Waals surface area (Å²) < 4.78 is 0. The van der Waals surface area contributed by atoms with Crippen molar-refractivity contribution < 1.29 is 0 Å². The molecule has 0 saturated heterocycles. The van der Waals surface area contributed by atoms with Crippen molar-refractivity contribution in [3.63, 3.8) is 0 Å². The molecule has 0 amide bonds. The van der Waals surface area contributed by atoms with Crippen molar-refractivity contribution in [3.8, 4) is 0 Å². The number of hydrogen-bond acceptors (Lipinski definition) is 1. The monoisotopic (exact) mass is 355 g/mol. The minimum absolute atomic E-state index is 0.783. The second-order valence-electron chi connectivity index (χ2n) is 9.36. The molecule has 1 nitrogen and oxygen atoms in total. The van der Waals surface area contributed by atoms with Crippen LogP contribution in [0.5, 0.6) is 0 Å². The van der Waals surface area contributed by atoms with Crippen LogP contribution in [0.4, 0.5) is 5.69 Å². The first kappa shape index (κ1) is 19.8. The average Bonchev–Trinajstić information content (AvgIpc) is 2.68. The lowest BCUT2D eigenvalue weighted by Gasteiger charge is -2.34. The minimum atomic E-state index is 0.783. The van der Waals surface area contributed by atoms with E-state index in [9.17, 15) is 0 Å². The summed E-state index contributed by atoms with van der Waals surface area (Å²) in [6, 6.07) is 8.65. The van der Waals surface area contributed by atoms with Gasteiger partial charge in [0.25, 0.3) is 0 Å². The van der Waals surface area contributed by atoms with Crippen LogP contribution in [0.2, 0.25) is 0 Å². The number of hydrogen-bond donors (Lipinski definition) is 1. The largest absolute Gasteiger partial charge is 0.399 e. The van der Waals surface area contributed by atoms with Gasteiger partial charge in [0.1, 0.15) is 0 Å². The second kappa shape index (κ2) is 10.4. The lowest BCUT2D eigenvalue weighted by atomic mass is 9.71. The molecule has 0 atom stereocenters. The number of nitrogens with two attached hydrogens (primary N) is 1. The summed E-state index contributed by atoms with van der Waals surface area (Å²) in [5.41, 5.74) is 8.24. The molecular weight excluding hydrogens is 314 g/mol. The molecule has 1 aromatic carbocycles. The summed E-state index contributed by atoms with van der Waals surface area (Å²) in [5, 5.41) is 0. The maximum absolute atomic E-state index is 5.83. The van der Waals surface area contributed by atoms with Gasteiger partial charge in [0.05, 0.1) is 0 Å². The minimum Gasteiger partial charge on any atom is -0.399 e. The van der Waals surface area contributed by atoms with Crippen LogP contribution in [0.1, 0.15) is 108 Å². The first-order valence-corrected chi connectivity index (χ1v) is 11.6. The first-order valence-electron chi connectivity index (χ1n) is 11.6. The van der Waals surface area contributed by atoms with Crippen LogP contribution in [0.25, 0.3) is 0 Å². The Hall–Kier alpha value is -0.980. The number of nitrogen functional groups attached to an aromatic ring is 1. The third kappa shape index (κ3) is 6.03. The maximum Gasteiger partial charge on any atom is 0.0314 e. The molecule has 1 aromatic rings. The van der Waals surface area contributed by atoms with Crippen LogP contribution >= 0.6 is 0 Å². The fraction of sp³-hybridized carbons (Fsp3) is 0.760. The van der Waals surface area contributed by atoms with E-state index in [1.54, 1.807) is 0 Å². The molecule has 0 spiro atoms. The smallest absolute Gasteiger partial charge is 0.0314 e. The average molecular weight is 356 g/mol. The summed E-state index contributed by atoms with van der Waals surface area (Å²) in [4.78, 5) is 0. The van der Waals surface area contributed by atoms with E-state index in [0.717, 1.165) is 29.4 Å². The van der Waals surface area contributed by atoms with Gasteiger partial charge in [-0.3, -0.25) is 0 Å². The van der Waals surface area contributed by atoms with Crippen LogP contribution in [-0.2, 0) is 0 Å². The van der Waals surface area contributed by atoms with E-state index in [1.807, 2.05) is 0 Å². The fourth-order valence-corrected chi connectivity index (χ4v) is 5.59. The van der Waals surface area contributed by atoms with Gasteiger partial charge < -0.3 is 5.73 Å². The van der Waals surface area contributed by atoms with Crippen LogP contribution < -0.4 is 5.73 Å². The quantitative estimate of drug-likeness (QED) is 0.375. The highest BCUT2D eigenvalue weighted by molar-refractivity contribution is 5.40. The predicted molar refractivity (Wildman–Crippen MR) is 114 cm³/mol. The van der Waals surface area contributed by atoms with E-state index < -0.39 is 0 Å². The summed E-state index contributed by atoms with van der Waals surface area (Å²) in [7, 11) is 0. The zero-order valence-corrected chi connectivity index (χ0v) is 17.1. The Morgan fingerprint density at radius 3 is 1.92 bits per heavy atom. The highest BCUT2D eigenvalue weighted by atomic mass is 14.5. The van der Waals surface area contributed by atoms with Gasteiger partial charge in [-0.15, -0.1) is 0 Å². The zero-order valence-electron chi connectivity index (χ0n) is 17.1. The third-order valence-corrected chi connectivity index (χ3v) is 7.35. The van der Waals surface area contributed by atoms with E-state index in [1.165, 1.54) is 95.5 Å². The Morgan fingerprint density at radius 1 is 0.731 bits per heavy atom. The van der Waals surface area contributed by atoms with Crippen molar-refractivity contribution in [2.75, 3.05) is 5.73 Å². The van der Waals surface area contributed by atoms with Crippen LogP contribution in [0.3, 0.4) is 0 Å². The molecular formula is C25H41N. The normalized spacial score (nSPS) is 29.6. The molecule has 3 rings (SSSR count). The van der Waals surface area contributed by atoms with E-state index in [-0.39, 0.29) is 0 Å². The number of unbranched alkanes of at least 4 members (excludes halogenated alkanes) is 3. The molecule has 0 heterocycles. The summed E-state index contributed by atoms with van der Waals surface area (Å²) in [6.07, 6.45) is 20.6. The molecule has 2 aliphatic rings. The van der Waals surface area contributed by atoms with Gasteiger partial charge in [0, 0.05) is 5.69 Å². The topological polar surface area (TPSA) is 26.0 Å². The fourth-order valence-electron chi connectivity index (χ4n) is 5.59. The zero-order chi connectivity index (χ0) is 18.2. The van der Waals surface area contributed by atoms with Crippen molar-refractivity contribution in [2.24, 2.45) is 17.8 Å². The van der Waals surface area contributed by atoms with Crippen molar-refractivity contribution in [2.45, 2.75) is 103 Å². The lowest BCUT2D eigenvalue weighted by molar-refractivity contribution is 0.199. The molecule has 146 valence electrons. The Balaban J connectivity index is 1.32. The van der Waals surface area contributed by atoms with Gasteiger partial charge in [-0.1, -0.05) is 76.8 Å². The molecule has 2 saturated carbocycles. The number of benzene rings is 1. The third-order valence-electron chi connectivity index (χ3n) is 7.35. The molecule has 1 heteroatoms. The van der Waals surface area contributed by atoms with Gasteiger partial charge in [0.15, 0.2) is 0 Å². The molecule has 0 bridgehead atoms. The van der Waals surface area contributed by atoms with Crippen molar-refractivity contribution in [3.05, 3.63) is 29.8 Å². The van der Waals surface area contributed by atoms with E-state index in [2.05, 4.69) is 31.2 Å². The molecule has 0 aromatic heterocycles. The standard InChI is InChI=1S/C25H41N/c1-2-3-4-5-6-20-7-9-21(10-8-20)19-22-11-13-23(14-12-22)24-15-17-25(26)18-16-24/h15-18,20-23H,2-14,19,26H2,1H3. The van der Waals surface area contributed by atoms with Gasteiger partial charge in [-0.2, -0.15) is 0 Å². The van der Waals surface area contributed by atoms with Gasteiger partial charge in [-0.05, 0) is 73.5 Å². The van der Waals surface area contributed by atoms with Crippen LogP contribution in [0.15, 0.2) is 24.3 Å². The maximum atomic E-state index is 5.83. The molecule has 0 aliphatic heterocycles. The SMILES string of the molecule is CCCCCCC1CCC(CC2CCC(c3ccc(N)cc3)CC2)CC1. The van der Waals surface area contributed by atoms with Gasteiger partial charge in [0.2, 0.25) is 0 Å². The number of rotatable bonds is 8. The number of anilines is 1. The van der Waals surface area contributed by atoms with E-state index in [0.29, 0.717) is 0 Å². The van der Waals surface area contributed by atoms with Crippen molar-refractivity contribution in [1.29, 1.82) is 0 Å². The molecule has 26 heavy (non-hydrogen) atoms. The van der Waals surface area contributed by atoms with Gasteiger partial charge >= 0.3 is 0 Å². The molecule has 0 radical (unpaired) electrons. The highest BCUT2D eigenvalue weighted by Crippen LogP contribution is 2.41. The molecule has 0 unspecified atom stereocenters. The Kier molecular flexibility index (Phi) is 7.89. The second-order valence-corrected chi connectivity index (χ2v) is 9.36. The van der Waals surface area contributed by atoms with Crippen LogP contribution in [-0.4, -0.2) is 0 Å². The van der Waals surface area contributed by atoms with Crippen molar-refractivity contribution >= 4 is 5.69 Å². The predicted octanol–water partition coefficient (Wildman–Crippen LogP) is 7.71. The lowest BCUT2D eigenvalue weighted by Crippen LogP contribution is -2.20. The van der Waals surface area contributed by atoms with E-state index >= 15 is 0 Å². The summed E-state index contributed by atoms with van der Waals surface area (Å²) in [5.74, 6) is 3.89. The summed E-state index contributed by atoms with van der Waals surface area (Å²) >= 11 is 0. The Morgan fingerprint density at radius 2 is 1.31 bits per heavy atom. The van der Waals surface area contributed by atoms with E-state index in [4.69, 9.17) is 5.73 Å². The first-order chi connectivity index (χ1) is 12.7. The molecule has 2 N–H and O–H groups in total. The highest BCUT2D eigenvalue weighted by Gasteiger charge is 2.27. The van der Waals surface area contributed by atoms with Crippen LogP contribution in [0, 0.1) is 17.8 Å². The Bertz CT molecular complexity index is 489. The molecule has 2 aliphatic carbocycles.